The molecule has 2 nitrogen and oxygen atoms in total. The first-order chi connectivity index (χ1) is 8.69. The molecule has 0 radical (unpaired) electrons. The molecule has 0 spiro atoms. The monoisotopic (exact) mass is 265 g/mol. The van der Waals surface area contributed by atoms with Gasteiger partial charge in [-0.3, -0.25) is 0 Å². The molecule has 0 saturated heterocycles. The summed E-state index contributed by atoms with van der Waals surface area (Å²) < 4.78 is 18.5. The molecule has 0 atom stereocenters. The zero-order valence-corrected chi connectivity index (χ0v) is 10.5. The van der Waals surface area contributed by atoms with Gasteiger partial charge in [0.1, 0.15) is 17.3 Å². The molecule has 0 fully saturated rings. The van der Waals surface area contributed by atoms with E-state index in [0.717, 1.165) is 12.0 Å². The zero-order valence-electron chi connectivity index (χ0n) is 9.70. The number of rotatable bonds is 4. The average molecular weight is 266 g/mol. The van der Waals surface area contributed by atoms with Gasteiger partial charge in [-0.1, -0.05) is 23.7 Å². The second-order valence-corrected chi connectivity index (χ2v) is 4.27. The van der Waals surface area contributed by atoms with Crippen molar-refractivity contribution in [2.75, 3.05) is 6.54 Å². The summed E-state index contributed by atoms with van der Waals surface area (Å²) in [5, 5.41) is 0.0484. The molecule has 0 aliphatic heterocycles. The van der Waals surface area contributed by atoms with Crippen LogP contribution in [0.25, 0.3) is 0 Å². The summed E-state index contributed by atoms with van der Waals surface area (Å²) in [7, 11) is 0. The van der Waals surface area contributed by atoms with E-state index in [4.69, 9.17) is 22.1 Å². The maximum absolute atomic E-state index is 13.0. The van der Waals surface area contributed by atoms with Crippen LogP contribution in [0, 0.1) is 5.82 Å². The number of benzene rings is 2. The zero-order chi connectivity index (χ0) is 13.0. The van der Waals surface area contributed by atoms with E-state index >= 15 is 0 Å². The molecule has 0 bridgehead atoms. The number of nitrogens with two attached hydrogens (primary N) is 1. The summed E-state index contributed by atoms with van der Waals surface area (Å²) in [6.07, 6.45) is 0.836. The molecule has 0 aromatic heterocycles. The third-order valence-electron chi connectivity index (χ3n) is 2.48. The fraction of sp³-hybridized carbons (Fsp3) is 0.143. The summed E-state index contributed by atoms with van der Waals surface area (Å²) in [4.78, 5) is 0. The van der Waals surface area contributed by atoms with E-state index < -0.39 is 5.82 Å². The molecule has 2 N–H and O–H groups in total. The third-order valence-corrected chi connectivity index (χ3v) is 2.77. The standard InChI is InChI=1S/C14H13ClFNO/c15-13-9-12(5-6-14(13)16)18-11-3-1-10(2-4-11)7-8-17/h1-6,9H,7-8,17H2. The van der Waals surface area contributed by atoms with Gasteiger partial charge in [0.25, 0.3) is 0 Å². The number of hydrogen-bond donors (Lipinski definition) is 1. The molecular formula is C14H13ClFNO. The maximum Gasteiger partial charge on any atom is 0.142 e. The predicted molar refractivity (Wildman–Crippen MR) is 70.7 cm³/mol. The smallest absolute Gasteiger partial charge is 0.142 e. The largest absolute Gasteiger partial charge is 0.457 e. The van der Waals surface area contributed by atoms with Crippen molar-refractivity contribution in [3.63, 3.8) is 0 Å². The van der Waals surface area contributed by atoms with Crippen molar-refractivity contribution in [3.8, 4) is 11.5 Å². The Kier molecular flexibility index (Phi) is 4.18. The lowest BCUT2D eigenvalue weighted by Gasteiger charge is -2.07. The Morgan fingerprint density at radius 1 is 1.06 bits per heavy atom. The fourth-order valence-electron chi connectivity index (χ4n) is 1.57. The van der Waals surface area contributed by atoms with E-state index in [0.29, 0.717) is 18.0 Å². The highest BCUT2D eigenvalue weighted by atomic mass is 35.5. The average Bonchev–Trinajstić information content (AvgIpc) is 2.37. The normalized spacial score (nSPS) is 10.4. The number of halogens is 2. The first-order valence-corrected chi connectivity index (χ1v) is 5.99. The van der Waals surface area contributed by atoms with E-state index in [9.17, 15) is 4.39 Å². The quantitative estimate of drug-likeness (QED) is 0.913. The molecule has 2 aromatic rings. The minimum absolute atomic E-state index is 0.0484. The molecule has 0 saturated carbocycles. The molecule has 2 rings (SSSR count). The van der Waals surface area contributed by atoms with Crippen LogP contribution < -0.4 is 10.5 Å². The Morgan fingerprint density at radius 2 is 1.72 bits per heavy atom. The van der Waals surface area contributed by atoms with Crippen molar-refractivity contribution in [3.05, 3.63) is 58.9 Å². The molecule has 0 aliphatic carbocycles. The summed E-state index contributed by atoms with van der Waals surface area (Å²) in [5.74, 6) is 0.730. The lowest BCUT2D eigenvalue weighted by atomic mass is 10.1. The Labute approximate surface area is 110 Å². The summed E-state index contributed by atoms with van der Waals surface area (Å²) in [6, 6.07) is 11.9. The molecule has 0 heterocycles. The van der Waals surface area contributed by atoms with Gasteiger partial charge in [-0.25, -0.2) is 4.39 Å². The highest BCUT2D eigenvalue weighted by Gasteiger charge is 2.03. The Morgan fingerprint density at radius 3 is 2.33 bits per heavy atom. The molecule has 0 amide bonds. The topological polar surface area (TPSA) is 35.2 Å². The van der Waals surface area contributed by atoms with Gasteiger partial charge in [-0.05, 0) is 42.8 Å². The van der Waals surface area contributed by atoms with Crippen LogP contribution in [0.15, 0.2) is 42.5 Å². The van der Waals surface area contributed by atoms with Crippen LogP contribution in [0.3, 0.4) is 0 Å². The second kappa shape index (κ2) is 5.85. The van der Waals surface area contributed by atoms with Gasteiger partial charge in [-0.2, -0.15) is 0 Å². The van der Waals surface area contributed by atoms with E-state index in [1.54, 1.807) is 0 Å². The molecule has 94 valence electrons. The first-order valence-electron chi connectivity index (χ1n) is 5.61. The van der Waals surface area contributed by atoms with Gasteiger partial charge in [0.05, 0.1) is 5.02 Å². The Bertz CT molecular complexity index is 528. The number of hydrogen-bond acceptors (Lipinski definition) is 2. The van der Waals surface area contributed by atoms with Crippen molar-refractivity contribution in [2.24, 2.45) is 5.73 Å². The molecule has 2 aromatic carbocycles. The van der Waals surface area contributed by atoms with Crippen LogP contribution in [0.1, 0.15) is 5.56 Å². The number of ether oxygens (including phenoxy) is 1. The van der Waals surface area contributed by atoms with E-state index in [1.807, 2.05) is 24.3 Å². The molecule has 18 heavy (non-hydrogen) atoms. The third kappa shape index (κ3) is 3.22. The molecule has 0 aliphatic rings. The van der Waals surface area contributed by atoms with Crippen LogP contribution in [0.5, 0.6) is 11.5 Å². The maximum atomic E-state index is 13.0. The summed E-state index contributed by atoms with van der Waals surface area (Å²) >= 11 is 5.68. The van der Waals surface area contributed by atoms with Crippen LogP contribution in [0.2, 0.25) is 5.02 Å². The van der Waals surface area contributed by atoms with Crippen molar-refractivity contribution < 1.29 is 9.13 Å². The van der Waals surface area contributed by atoms with Gasteiger partial charge in [0.15, 0.2) is 0 Å². The Balaban J connectivity index is 2.10. The van der Waals surface area contributed by atoms with Gasteiger partial charge in [-0.15, -0.1) is 0 Å². The second-order valence-electron chi connectivity index (χ2n) is 3.86. The molecule has 4 heteroatoms. The summed E-state index contributed by atoms with van der Waals surface area (Å²) in [6.45, 7) is 0.619. The minimum atomic E-state index is -0.456. The van der Waals surface area contributed by atoms with Crippen molar-refractivity contribution in [2.45, 2.75) is 6.42 Å². The summed E-state index contributed by atoms with van der Waals surface area (Å²) in [5.41, 5.74) is 6.63. The highest BCUT2D eigenvalue weighted by molar-refractivity contribution is 6.30. The molecule has 0 unspecified atom stereocenters. The highest BCUT2D eigenvalue weighted by Crippen LogP contribution is 2.26. The Hall–Kier alpha value is -1.58. The van der Waals surface area contributed by atoms with E-state index in [2.05, 4.69) is 0 Å². The van der Waals surface area contributed by atoms with Crippen molar-refractivity contribution in [1.82, 2.24) is 0 Å². The lowest BCUT2D eigenvalue weighted by molar-refractivity contribution is 0.480. The van der Waals surface area contributed by atoms with Crippen molar-refractivity contribution in [1.29, 1.82) is 0 Å². The van der Waals surface area contributed by atoms with Crippen LogP contribution in [-0.4, -0.2) is 6.54 Å². The lowest BCUT2D eigenvalue weighted by Crippen LogP contribution is -2.02. The van der Waals surface area contributed by atoms with Gasteiger partial charge >= 0.3 is 0 Å². The molecular weight excluding hydrogens is 253 g/mol. The van der Waals surface area contributed by atoms with E-state index in [-0.39, 0.29) is 5.02 Å². The van der Waals surface area contributed by atoms with Crippen LogP contribution >= 0.6 is 11.6 Å². The first kappa shape index (κ1) is 12.9. The predicted octanol–water partition coefficient (Wildman–Crippen LogP) is 3.77. The van der Waals surface area contributed by atoms with Crippen molar-refractivity contribution >= 4 is 11.6 Å². The minimum Gasteiger partial charge on any atom is -0.457 e. The fourth-order valence-corrected chi connectivity index (χ4v) is 1.74. The van der Waals surface area contributed by atoms with Gasteiger partial charge < -0.3 is 10.5 Å². The van der Waals surface area contributed by atoms with Crippen LogP contribution in [-0.2, 0) is 6.42 Å². The SMILES string of the molecule is NCCc1ccc(Oc2ccc(F)c(Cl)c2)cc1. The van der Waals surface area contributed by atoms with Gasteiger partial charge in [0, 0.05) is 6.07 Å². The van der Waals surface area contributed by atoms with Gasteiger partial charge in [0.2, 0.25) is 0 Å². The van der Waals surface area contributed by atoms with E-state index in [1.165, 1.54) is 18.2 Å². The van der Waals surface area contributed by atoms with Crippen LogP contribution in [0.4, 0.5) is 4.39 Å².